The van der Waals surface area contributed by atoms with Crippen molar-refractivity contribution >= 4 is 15.9 Å². The molecule has 1 heterocycles. The Morgan fingerprint density at radius 3 is 2.70 bits per heavy atom. The summed E-state index contributed by atoms with van der Waals surface area (Å²) in [7, 11) is 2.02. The van der Waals surface area contributed by atoms with Gasteiger partial charge in [-0.05, 0) is 92.4 Å². The molecule has 0 radical (unpaired) electrons. The van der Waals surface area contributed by atoms with Crippen LogP contribution in [0.15, 0.2) is 22.7 Å². The van der Waals surface area contributed by atoms with Gasteiger partial charge in [0, 0.05) is 6.04 Å². The molecule has 0 aliphatic carbocycles. The topological polar surface area (TPSA) is 15.3 Å². The summed E-state index contributed by atoms with van der Waals surface area (Å²) in [6.07, 6.45) is 3.82. The molecule has 1 saturated heterocycles. The SMILES string of the molecule is CNCCC1CCN(C(C)c2ccc(F)c(Br)c2)CC1. The summed E-state index contributed by atoms with van der Waals surface area (Å²) in [5.74, 6) is 0.664. The van der Waals surface area contributed by atoms with E-state index < -0.39 is 0 Å². The van der Waals surface area contributed by atoms with Crippen molar-refractivity contribution in [2.24, 2.45) is 5.92 Å². The average Bonchev–Trinajstić information content (AvgIpc) is 2.48. The lowest BCUT2D eigenvalue weighted by molar-refractivity contribution is 0.137. The second-order valence-corrected chi connectivity index (χ2v) is 6.58. The maximum atomic E-state index is 13.3. The largest absolute Gasteiger partial charge is 0.320 e. The van der Waals surface area contributed by atoms with E-state index in [4.69, 9.17) is 0 Å². The van der Waals surface area contributed by atoms with E-state index in [-0.39, 0.29) is 5.82 Å². The molecule has 4 heteroatoms. The minimum atomic E-state index is -0.188. The Labute approximate surface area is 129 Å². The second kappa shape index (κ2) is 7.53. The first-order chi connectivity index (χ1) is 9.61. The molecule has 0 saturated carbocycles. The first-order valence-corrected chi connectivity index (χ1v) is 8.24. The lowest BCUT2D eigenvalue weighted by atomic mass is 9.92. The summed E-state index contributed by atoms with van der Waals surface area (Å²) in [6, 6.07) is 5.72. The molecular weight excluding hydrogens is 319 g/mol. The average molecular weight is 343 g/mol. The fourth-order valence-electron chi connectivity index (χ4n) is 2.96. The van der Waals surface area contributed by atoms with Crippen LogP contribution in [0.1, 0.15) is 37.8 Å². The van der Waals surface area contributed by atoms with E-state index in [1.165, 1.54) is 24.8 Å². The maximum Gasteiger partial charge on any atom is 0.137 e. The zero-order valence-corrected chi connectivity index (χ0v) is 13.9. The fourth-order valence-corrected chi connectivity index (χ4v) is 3.36. The fraction of sp³-hybridized carbons (Fsp3) is 0.625. The van der Waals surface area contributed by atoms with E-state index in [1.807, 2.05) is 19.2 Å². The molecule has 1 aliphatic rings. The third-order valence-corrected chi connectivity index (χ3v) is 5.03. The molecule has 1 unspecified atom stereocenters. The molecule has 112 valence electrons. The lowest BCUT2D eigenvalue weighted by Crippen LogP contribution is -2.36. The van der Waals surface area contributed by atoms with Gasteiger partial charge in [0.25, 0.3) is 0 Å². The van der Waals surface area contributed by atoms with Crippen LogP contribution in [0.3, 0.4) is 0 Å². The van der Waals surface area contributed by atoms with Gasteiger partial charge in [0.1, 0.15) is 5.82 Å². The van der Waals surface area contributed by atoms with E-state index in [2.05, 4.69) is 33.1 Å². The molecular formula is C16H24BrFN2. The van der Waals surface area contributed by atoms with Crippen LogP contribution in [0.5, 0.6) is 0 Å². The van der Waals surface area contributed by atoms with Gasteiger partial charge < -0.3 is 5.32 Å². The normalized spacial score (nSPS) is 19.2. The van der Waals surface area contributed by atoms with Gasteiger partial charge in [0.15, 0.2) is 0 Å². The van der Waals surface area contributed by atoms with Crippen molar-refractivity contribution < 1.29 is 4.39 Å². The Morgan fingerprint density at radius 2 is 2.10 bits per heavy atom. The Bertz CT molecular complexity index is 430. The minimum absolute atomic E-state index is 0.188. The molecule has 0 spiro atoms. The van der Waals surface area contributed by atoms with E-state index in [0.29, 0.717) is 10.5 Å². The number of nitrogens with one attached hydrogen (secondary N) is 1. The Kier molecular flexibility index (Phi) is 6.00. The molecule has 2 rings (SSSR count). The number of hydrogen-bond acceptors (Lipinski definition) is 2. The Morgan fingerprint density at radius 1 is 1.40 bits per heavy atom. The molecule has 20 heavy (non-hydrogen) atoms. The predicted molar refractivity (Wildman–Crippen MR) is 85.4 cm³/mol. The van der Waals surface area contributed by atoms with E-state index in [1.54, 1.807) is 6.07 Å². The third-order valence-electron chi connectivity index (χ3n) is 4.43. The molecule has 0 amide bonds. The van der Waals surface area contributed by atoms with E-state index in [9.17, 15) is 4.39 Å². The van der Waals surface area contributed by atoms with Crippen LogP contribution in [-0.2, 0) is 0 Å². The maximum absolute atomic E-state index is 13.3. The zero-order chi connectivity index (χ0) is 14.5. The van der Waals surface area contributed by atoms with Gasteiger partial charge in [0.05, 0.1) is 4.47 Å². The van der Waals surface area contributed by atoms with E-state index in [0.717, 1.165) is 25.6 Å². The van der Waals surface area contributed by atoms with Crippen LogP contribution in [0.25, 0.3) is 0 Å². The number of nitrogens with zero attached hydrogens (tertiary/aromatic N) is 1. The number of benzene rings is 1. The number of hydrogen-bond donors (Lipinski definition) is 1. The highest BCUT2D eigenvalue weighted by atomic mass is 79.9. The van der Waals surface area contributed by atoms with Crippen LogP contribution >= 0.6 is 15.9 Å². The van der Waals surface area contributed by atoms with Crippen molar-refractivity contribution in [1.29, 1.82) is 0 Å². The quantitative estimate of drug-likeness (QED) is 0.870. The van der Waals surface area contributed by atoms with Crippen LogP contribution in [0, 0.1) is 11.7 Å². The van der Waals surface area contributed by atoms with Gasteiger partial charge >= 0.3 is 0 Å². The summed E-state index contributed by atoms with van der Waals surface area (Å²) in [4.78, 5) is 2.51. The van der Waals surface area contributed by atoms with Gasteiger partial charge in [-0.15, -0.1) is 0 Å². The summed E-state index contributed by atoms with van der Waals surface area (Å²) >= 11 is 3.28. The van der Waals surface area contributed by atoms with Crippen molar-refractivity contribution in [3.8, 4) is 0 Å². The highest BCUT2D eigenvalue weighted by molar-refractivity contribution is 9.10. The third kappa shape index (κ3) is 4.03. The smallest absolute Gasteiger partial charge is 0.137 e. The Hall–Kier alpha value is -0.450. The molecule has 1 N–H and O–H groups in total. The molecule has 1 fully saturated rings. The molecule has 1 aromatic rings. The summed E-state index contributed by atoms with van der Waals surface area (Å²) in [5.41, 5.74) is 1.19. The van der Waals surface area contributed by atoms with Crippen molar-refractivity contribution in [1.82, 2.24) is 10.2 Å². The Balaban J connectivity index is 1.91. The van der Waals surface area contributed by atoms with Crippen LogP contribution < -0.4 is 5.32 Å². The standard InChI is InChI=1S/C16H24BrFN2/c1-12(14-3-4-16(18)15(17)11-14)20-9-6-13(7-10-20)5-8-19-2/h3-4,11-13,19H,5-10H2,1-2H3. The first-order valence-electron chi connectivity index (χ1n) is 7.45. The van der Waals surface area contributed by atoms with Crippen molar-refractivity contribution in [2.45, 2.75) is 32.2 Å². The molecule has 1 aromatic carbocycles. The minimum Gasteiger partial charge on any atom is -0.320 e. The highest BCUT2D eigenvalue weighted by Crippen LogP contribution is 2.29. The molecule has 1 aliphatic heterocycles. The lowest BCUT2D eigenvalue weighted by Gasteiger charge is -2.36. The highest BCUT2D eigenvalue weighted by Gasteiger charge is 2.23. The van der Waals surface area contributed by atoms with E-state index >= 15 is 0 Å². The molecule has 0 aromatic heterocycles. The number of halogens is 2. The number of rotatable bonds is 5. The van der Waals surface area contributed by atoms with Crippen LogP contribution in [-0.4, -0.2) is 31.6 Å². The predicted octanol–water partition coefficient (Wildman–Crippen LogP) is 3.97. The monoisotopic (exact) mass is 342 g/mol. The van der Waals surface area contributed by atoms with Gasteiger partial charge in [0.2, 0.25) is 0 Å². The summed E-state index contributed by atoms with van der Waals surface area (Å²) < 4.78 is 13.9. The molecule has 2 nitrogen and oxygen atoms in total. The van der Waals surface area contributed by atoms with Crippen molar-refractivity contribution in [3.63, 3.8) is 0 Å². The molecule has 0 bridgehead atoms. The van der Waals surface area contributed by atoms with Gasteiger partial charge in [-0.2, -0.15) is 0 Å². The zero-order valence-electron chi connectivity index (χ0n) is 12.3. The van der Waals surface area contributed by atoms with Gasteiger partial charge in [-0.3, -0.25) is 4.90 Å². The molecule has 1 atom stereocenters. The van der Waals surface area contributed by atoms with Gasteiger partial charge in [-0.1, -0.05) is 6.07 Å². The number of likely N-dealkylation sites (tertiary alicyclic amines) is 1. The second-order valence-electron chi connectivity index (χ2n) is 5.72. The van der Waals surface area contributed by atoms with Crippen LogP contribution in [0.4, 0.5) is 4.39 Å². The first kappa shape index (κ1) is 15.9. The summed E-state index contributed by atoms with van der Waals surface area (Å²) in [6.45, 7) is 5.62. The number of piperidine rings is 1. The van der Waals surface area contributed by atoms with Gasteiger partial charge in [-0.25, -0.2) is 4.39 Å². The van der Waals surface area contributed by atoms with Crippen LogP contribution in [0.2, 0.25) is 0 Å². The van der Waals surface area contributed by atoms with Crippen molar-refractivity contribution in [2.75, 3.05) is 26.7 Å². The van der Waals surface area contributed by atoms with Crippen molar-refractivity contribution in [3.05, 3.63) is 34.1 Å². The summed E-state index contributed by atoms with van der Waals surface area (Å²) in [5, 5.41) is 3.23.